The van der Waals surface area contributed by atoms with Crippen LogP contribution in [-0.4, -0.2) is 26.4 Å². The summed E-state index contributed by atoms with van der Waals surface area (Å²) in [6, 6.07) is 9.82. The van der Waals surface area contributed by atoms with Gasteiger partial charge in [-0.25, -0.2) is 0 Å². The summed E-state index contributed by atoms with van der Waals surface area (Å²) in [7, 11) is 0. The third kappa shape index (κ3) is 4.24. The quantitative estimate of drug-likeness (QED) is 0.624. The molecular formula is C14H16N4OS. The predicted molar refractivity (Wildman–Crippen MR) is 79.2 cm³/mol. The van der Waals surface area contributed by atoms with E-state index in [9.17, 15) is 4.79 Å². The Morgan fingerprint density at radius 3 is 2.95 bits per heavy atom. The number of aromatic nitrogens is 3. The third-order valence-electron chi connectivity index (χ3n) is 2.57. The van der Waals surface area contributed by atoms with Gasteiger partial charge in [-0.05, 0) is 5.56 Å². The van der Waals surface area contributed by atoms with Crippen molar-refractivity contribution >= 4 is 17.7 Å². The molecule has 5 nitrogen and oxygen atoms in total. The molecular weight excluding hydrogens is 272 g/mol. The molecule has 0 fully saturated rings. The number of thioether (sulfide) groups is 1. The van der Waals surface area contributed by atoms with Gasteiger partial charge in [0.05, 0.1) is 5.75 Å². The van der Waals surface area contributed by atoms with E-state index in [1.165, 1.54) is 11.8 Å². The first kappa shape index (κ1) is 14.3. The van der Waals surface area contributed by atoms with E-state index in [-0.39, 0.29) is 5.91 Å². The highest BCUT2D eigenvalue weighted by Gasteiger charge is 2.07. The van der Waals surface area contributed by atoms with Crippen LogP contribution in [0.3, 0.4) is 0 Å². The zero-order chi connectivity index (χ0) is 14.2. The molecule has 2 rings (SSSR count). The van der Waals surface area contributed by atoms with Crippen molar-refractivity contribution in [2.75, 3.05) is 5.75 Å². The number of carbonyl (C=O) groups is 1. The highest BCUT2D eigenvalue weighted by atomic mass is 32.2. The van der Waals surface area contributed by atoms with Crippen LogP contribution in [-0.2, 0) is 17.9 Å². The Balaban J connectivity index is 1.77. The normalized spacial score (nSPS) is 10.2. The molecule has 104 valence electrons. The maximum absolute atomic E-state index is 11.8. The summed E-state index contributed by atoms with van der Waals surface area (Å²) in [5, 5.41) is 11.4. The van der Waals surface area contributed by atoms with Gasteiger partial charge in [0.15, 0.2) is 5.16 Å². The summed E-state index contributed by atoms with van der Waals surface area (Å²) >= 11 is 1.37. The van der Waals surface area contributed by atoms with Gasteiger partial charge in [-0.2, -0.15) is 0 Å². The second kappa shape index (κ2) is 7.49. The monoisotopic (exact) mass is 288 g/mol. The van der Waals surface area contributed by atoms with E-state index in [0.29, 0.717) is 18.8 Å². The van der Waals surface area contributed by atoms with Crippen molar-refractivity contribution in [1.82, 2.24) is 20.1 Å². The fourth-order valence-corrected chi connectivity index (χ4v) is 2.35. The molecule has 0 bridgehead atoms. The van der Waals surface area contributed by atoms with Gasteiger partial charge in [0.25, 0.3) is 0 Å². The van der Waals surface area contributed by atoms with Crippen LogP contribution in [0.2, 0.25) is 0 Å². The summed E-state index contributed by atoms with van der Waals surface area (Å²) in [5.41, 5.74) is 1.08. The van der Waals surface area contributed by atoms with Crippen LogP contribution in [0.15, 0.2) is 54.5 Å². The van der Waals surface area contributed by atoms with Crippen molar-refractivity contribution in [1.29, 1.82) is 0 Å². The molecule has 1 N–H and O–H groups in total. The van der Waals surface area contributed by atoms with Gasteiger partial charge in [0, 0.05) is 13.1 Å². The van der Waals surface area contributed by atoms with Crippen LogP contribution in [0.4, 0.5) is 0 Å². The molecule has 1 aromatic carbocycles. The van der Waals surface area contributed by atoms with Crippen LogP contribution >= 0.6 is 11.8 Å². The highest BCUT2D eigenvalue weighted by Crippen LogP contribution is 2.14. The lowest BCUT2D eigenvalue weighted by Gasteiger charge is -2.05. The molecule has 1 aromatic heterocycles. The summed E-state index contributed by atoms with van der Waals surface area (Å²) in [4.78, 5) is 11.8. The largest absolute Gasteiger partial charge is 0.351 e. The zero-order valence-corrected chi connectivity index (χ0v) is 11.8. The van der Waals surface area contributed by atoms with Gasteiger partial charge >= 0.3 is 0 Å². The molecule has 20 heavy (non-hydrogen) atoms. The summed E-state index contributed by atoms with van der Waals surface area (Å²) in [5.74, 6) is 0.301. The van der Waals surface area contributed by atoms with E-state index in [1.54, 1.807) is 12.4 Å². The fourth-order valence-electron chi connectivity index (χ4n) is 1.60. The molecule has 0 spiro atoms. The second-order valence-corrected chi connectivity index (χ2v) is 5.05. The smallest absolute Gasteiger partial charge is 0.230 e. The van der Waals surface area contributed by atoms with Gasteiger partial charge in [-0.15, -0.1) is 16.8 Å². The number of benzene rings is 1. The Morgan fingerprint density at radius 2 is 2.20 bits per heavy atom. The molecule has 1 heterocycles. The Bertz CT molecular complexity index is 568. The average molecular weight is 288 g/mol. The average Bonchev–Trinajstić information content (AvgIpc) is 2.92. The SMILES string of the molecule is C=CCn1cnnc1SCC(=O)NCc1ccccc1. The summed E-state index contributed by atoms with van der Waals surface area (Å²) < 4.78 is 1.85. The van der Waals surface area contributed by atoms with Crippen molar-refractivity contribution in [2.24, 2.45) is 0 Å². The van der Waals surface area contributed by atoms with E-state index in [1.807, 2.05) is 34.9 Å². The molecule has 0 aliphatic rings. The Labute approximate surface area is 122 Å². The molecule has 0 saturated heterocycles. The van der Waals surface area contributed by atoms with Crippen LogP contribution in [0.1, 0.15) is 5.56 Å². The van der Waals surface area contributed by atoms with Crippen LogP contribution < -0.4 is 5.32 Å². The number of rotatable bonds is 7. The van der Waals surface area contributed by atoms with Crippen molar-refractivity contribution in [3.63, 3.8) is 0 Å². The molecule has 0 unspecified atom stereocenters. The lowest BCUT2D eigenvalue weighted by Crippen LogP contribution is -2.24. The molecule has 2 aromatic rings. The first-order valence-corrected chi connectivity index (χ1v) is 7.20. The third-order valence-corrected chi connectivity index (χ3v) is 3.55. The number of hydrogen-bond donors (Lipinski definition) is 1. The molecule has 0 aliphatic carbocycles. The number of carbonyl (C=O) groups excluding carboxylic acids is 1. The number of nitrogens with zero attached hydrogens (tertiary/aromatic N) is 3. The van der Waals surface area contributed by atoms with Gasteiger partial charge in [0.1, 0.15) is 6.33 Å². The van der Waals surface area contributed by atoms with Gasteiger partial charge in [-0.3, -0.25) is 4.79 Å². The first-order chi connectivity index (χ1) is 9.79. The van der Waals surface area contributed by atoms with Crippen LogP contribution in [0.25, 0.3) is 0 Å². The van der Waals surface area contributed by atoms with Crippen molar-refractivity contribution < 1.29 is 4.79 Å². The van der Waals surface area contributed by atoms with Crippen molar-refractivity contribution in [3.05, 3.63) is 54.9 Å². The second-order valence-electron chi connectivity index (χ2n) is 4.11. The standard InChI is InChI=1S/C14H16N4OS/c1-2-8-18-11-16-17-14(18)20-10-13(19)15-9-12-6-4-3-5-7-12/h2-7,11H,1,8-10H2,(H,15,19). The maximum atomic E-state index is 11.8. The van der Waals surface area contributed by atoms with Gasteiger partial charge in [-0.1, -0.05) is 48.2 Å². The summed E-state index contributed by atoms with van der Waals surface area (Å²) in [6.45, 7) is 4.85. The highest BCUT2D eigenvalue weighted by molar-refractivity contribution is 7.99. The number of allylic oxidation sites excluding steroid dienone is 1. The molecule has 0 radical (unpaired) electrons. The predicted octanol–water partition coefficient (Wildman–Crippen LogP) is 1.87. The zero-order valence-electron chi connectivity index (χ0n) is 11.0. The Hall–Kier alpha value is -2.08. The minimum absolute atomic E-state index is 0.0213. The molecule has 0 saturated carbocycles. The lowest BCUT2D eigenvalue weighted by atomic mass is 10.2. The first-order valence-electron chi connectivity index (χ1n) is 6.21. The maximum Gasteiger partial charge on any atom is 0.230 e. The fraction of sp³-hybridized carbons (Fsp3) is 0.214. The van der Waals surface area contributed by atoms with Crippen LogP contribution in [0, 0.1) is 0 Å². The number of amides is 1. The topological polar surface area (TPSA) is 59.8 Å². The Kier molecular flexibility index (Phi) is 5.37. The van der Waals surface area contributed by atoms with E-state index < -0.39 is 0 Å². The number of nitrogens with one attached hydrogen (secondary N) is 1. The van der Waals surface area contributed by atoms with E-state index in [2.05, 4.69) is 22.1 Å². The van der Waals surface area contributed by atoms with Crippen molar-refractivity contribution in [3.8, 4) is 0 Å². The minimum Gasteiger partial charge on any atom is -0.351 e. The molecule has 0 atom stereocenters. The molecule has 0 aliphatic heterocycles. The molecule has 1 amide bonds. The van der Waals surface area contributed by atoms with Crippen LogP contribution in [0.5, 0.6) is 0 Å². The van der Waals surface area contributed by atoms with Gasteiger partial charge in [0.2, 0.25) is 5.91 Å². The minimum atomic E-state index is -0.0213. The molecule has 6 heteroatoms. The van der Waals surface area contributed by atoms with E-state index >= 15 is 0 Å². The Morgan fingerprint density at radius 1 is 1.40 bits per heavy atom. The van der Waals surface area contributed by atoms with E-state index in [0.717, 1.165) is 10.7 Å². The number of hydrogen-bond acceptors (Lipinski definition) is 4. The van der Waals surface area contributed by atoms with Gasteiger partial charge < -0.3 is 9.88 Å². The summed E-state index contributed by atoms with van der Waals surface area (Å²) in [6.07, 6.45) is 3.40. The van der Waals surface area contributed by atoms with E-state index in [4.69, 9.17) is 0 Å². The lowest BCUT2D eigenvalue weighted by molar-refractivity contribution is -0.118. The van der Waals surface area contributed by atoms with Crippen molar-refractivity contribution in [2.45, 2.75) is 18.2 Å².